The standard InChI is InChI=1S/C17H34N4O2/c1-8-11-18-15(9-2)19-14-20(6)12-13-21(7)16(22)23-17(4,5)10-3/h11H,8-10,12-14H2,1-7H3. The summed E-state index contributed by atoms with van der Waals surface area (Å²) in [5.41, 5.74) is -0.422. The molecule has 0 aromatic heterocycles. The molecule has 0 atom stereocenters. The molecule has 0 aliphatic carbocycles. The second-order valence-electron chi connectivity index (χ2n) is 6.27. The molecule has 1 amide bonds. The van der Waals surface area contributed by atoms with Crippen LogP contribution < -0.4 is 0 Å². The zero-order valence-electron chi connectivity index (χ0n) is 15.9. The average molecular weight is 326 g/mol. The van der Waals surface area contributed by atoms with E-state index in [2.05, 4.69) is 21.8 Å². The van der Waals surface area contributed by atoms with Gasteiger partial charge in [-0.3, -0.25) is 9.89 Å². The largest absolute Gasteiger partial charge is 0.443 e. The van der Waals surface area contributed by atoms with E-state index >= 15 is 0 Å². The van der Waals surface area contributed by atoms with Gasteiger partial charge in [0.25, 0.3) is 0 Å². The average Bonchev–Trinajstić information content (AvgIpc) is 2.52. The highest BCUT2D eigenvalue weighted by Gasteiger charge is 2.22. The van der Waals surface area contributed by atoms with Gasteiger partial charge < -0.3 is 9.64 Å². The fourth-order valence-electron chi connectivity index (χ4n) is 1.51. The first-order valence-electron chi connectivity index (χ1n) is 8.44. The van der Waals surface area contributed by atoms with E-state index in [1.807, 2.05) is 41.0 Å². The fourth-order valence-corrected chi connectivity index (χ4v) is 1.51. The number of nitrogens with zero attached hydrogens (tertiary/aromatic N) is 4. The summed E-state index contributed by atoms with van der Waals surface area (Å²) < 4.78 is 5.46. The van der Waals surface area contributed by atoms with E-state index in [9.17, 15) is 4.79 Å². The molecule has 6 heteroatoms. The van der Waals surface area contributed by atoms with Crippen molar-refractivity contribution in [3.8, 4) is 0 Å². The number of amides is 1. The minimum Gasteiger partial charge on any atom is -0.443 e. The molecule has 0 spiro atoms. The third-order valence-electron chi connectivity index (χ3n) is 3.58. The lowest BCUT2D eigenvalue weighted by molar-refractivity contribution is 0.0148. The zero-order valence-corrected chi connectivity index (χ0v) is 15.9. The van der Waals surface area contributed by atoms with E-state index in [0.717, 1.165) is 31.6 Å². The van der Waals surface area contributed by atoms with Gasteiger partial charge in [-0.05, 0) is 33.7 Å². The van der Waals surface area contributed by atoms with Crippen LogP contribution >= 0.6 is 0 Å². The van der Waals surface area contributed by atoms with Crippen molar-refractivity contribution in [2.75, 3.05) is 33.9 Å². The van der Waals surface area contributed by atoms with Gasteiger partial charge in [0.05, 0.1) is 6.67 Å². The van der Waals surface area contributed by atoms with Crippen molar-refractivity contribution in [2.45, 2.75) is 59.5 Å². The van der Waals surface area contributed by atoms with Crippen LogP contribution in [0.3, 0.4) is 0 Å². The first-order chi connectivity index (χ1) is 10.8. The number of likely N-dealkylation sites (N-methyl/N-ethyl adjacent to an activating group) is 2. The van der Waals surface area contributed by atoms with Crippen molar-refractivity contribution < 1.29 is 9.53 Å². The molecular weight excluding hydrogens is 292 g/mol. The Morgan fingerprint density at radius 1 is 1.17 bits per heavy atom. The second kappa shape index (κ2) is 11.2. The molecule has 6 nitrogen and oxygen atoms in total. The van der Waals surface area contributed by atoms with E-state index < -0.39 is 5.60 Å². The molecule has 23 heavy (non-hydrogen) atoms. The maximum absolute atomic E-state index is 12.0. The van der Waals surface area contributed by atoms with E-state index in [0.29, 0.717) is 13.2 Å². The number of aliphatic imine (C=N–C) groups is 2. The van der Waals surface area contributed by atoms with Crippen LogP contribution in [0.5, 0.6) is 0 Å². The van der Waals surface area contributed by atoms with Crippen LogP contribution in [-0.4, -0.2) is 67.4 Å². The van der Waals surface area contributed by atoms with Crippen molar-refractivity contribution >= 4 is 18.1 Å². The lowest BCUT2D eigenvalue weighted by atomic mass is 10.1. The number of carbonyl (C=O) groups excluding carboxylic acids is 1. The van der Waals surface area contributed by atoms with E-state index in [1.54, 1.807) is 11.9 Å². The lowest BCUT2D eigenvalue weighted by Crippen LogP contribution is -2.39. The predicted octanol–water partition coefficient (Wildman–Crippen LogP) is 3.42. The van der Waals surface area contributed by atoms with Gasteiger partial charge in [0.1, 0.15) is 11.4 Å². The molecule has 0 bridgehead atoms. The summed E-state index contributed by atoms with van der Waals surface area (Å²) in [6, 6.07) is 0. The number of hydrogen-bond donors (Lipinski definition) is 0. The molecule has 0 fully saturated rings. The summed E-state index contributed by atoms with van der Waals surface area (Å²) in [5.74, 6) is 0.858. The van der Waals surface area contributed by atoms with Crippen LogP contribution in [-0.2, 0) is 4.74 Å². The first-order valence-corrected chi connectivity index (χ1v) is 8.44. The van der Waals surface area contributed by atoms with Gasteiger partial charge in [-0.25, -0.2) is 9.79 Å². The summed E-state index contributed by atoms with van der Waals surface area (Å²) in [7, 11) is 3.74. The van der Waals surface area contributed by atoms with Crippen molar-refractivity contribution in [2.24, 2.45) is 9.98 Å². The quantitative estimate of drug-likeness (QED) is 0.482. The Labute approximate surface area is 141 Å². The predicted molar refractivity (Wildman–Crippen MR) is 97.5 cm³/mol. The SMILES string of the molecule is CCC=NC(CC)=NCN(C)CCN(C)C(=O)OC(C)(C)CC. The molecule has 0 N–H and O–H groups in total. The van der Waals surface area contributed by atoms with Gasteiger partial charge in [0.2, 0.25) is 0 Å². The van der Waals surface area contributed by atoms with Gasteiger partial charge in [-0.1, -0.05) is 20.8 Å². The summed E-state index contributed by atoms with van der Waals surface area (Å²) in [5, 5.41) is 0. The summed E-state index contributed by atoms with van der Waals surface area (Å²) in [4.78, 5) is 24.5. The van der Waals surface area contributed by atoms with Crippen LogP contribution in [0, 0.1) is 0 Å². The summed E-state index contributed by atoms with van der Waals surface area (Å²) in [6.45, 7) is 11.9. The van der Waals surface area contributed by atoms with Gasteiger partial charge >= 0.3 is 6.09 Å². The van der Waals surface area contributed by atoms with Crippen molar-refractivity contribution in [1.82, 2.24) is 9.80 Å². The van der Waals surface area contributed by atoms with E-state index in [-0.39, 0.29) is 6.09 Å². The number of rotatable bonds is 9. The van der Waals surface area contributed by atoms with Crippen LogP contribution in [0.1, 0.15) is 53.9 Å². The molecule has 0 rings (SSSR count). The smallest absolute Gasteiger partial charge is 0.410 e. The number of ether oxygens (including phenoxy) is 1. The first kappa shape index (κ1) is 21.6. The molecule has 0 aromatic rings. The number of amidine groups is 1. The molecule has 134 valence electrons. The monoisotopic (exact) mass is 326 g/mol. The molecule has 0 saturated heterocycles. The highest BCUT2D eigenvalue weighted by molar-refractivity contribution is 5.89. The molecule has 0 saturated carbocycles. The minimum atomic E-state index is -0.422. The van der Waals surface area contributed by atoms with Gasteiger partial charge in [-0.2, -0.15) is 0 Å². The van der Waals surface area contributed by atoms with Crippen LogP contribution in [0.2, 0.25) is 0 Å². The molecule has 0 aromatic carbocycles. The molecule has 0 heterocycles. The van der Waals surface area contributed by atoms with Crippen molar-refractivity contribution in [1.29, 1.82) is 0 Å². The Bertz CT molecular complexity index is 405. The zero-order chi connectivity index (χ0) is 17.9. The van der Waals surface area contributed by atoms with E-state index in [4.69, 9.17) is 4.74 Å². The summed E-state index contributed by atoms with van der Waals surface area (Å²) in [6.07, 6.45) is 4.12. The summed E-state index contributed by atoms with van der Waals surface area (Å²) >= 11 is 0. The highest BCUT2D eigenvalue weighted by Crippen LogP contribution is 2.14. The Morgan fingerprint density at radius 2 is 1.83 bits per heavy atom. The van der Waals surface area contributed by atoms with Crippen molar-refractivity contribution in [3.63, 3.8) is 0 Å². The molecular formula is C17H34N4O2. The third kappa shape index (κ3) is 10.0. The fraction of sp³-hybridized carbons (Fsp3) is 0.824. The van der Waals surface area contributed by atoms with Crippen LogP contribution in [0.25, 0.3) is 0 Å². The van der Waals surface area contributed by atoms with Gasteiger partial charge in [0, 0.05) is 32.8 Å². The Morgan fingerprint density at radius 3 is 2.35 bits per heavy atom. The normalized spacial score (nSPS) is 13.0. The molecule has 0 radical (unpaired) electrons. The molecule has 0 aliphatic rings. The Hall–Kier alpha value is -1.43. The Balaban J connectivity index is 4.27. The van der Waals surface area contributed by atoms with Gasteiger partial charge in [-0.15, -0.1) is 0 Å². The molecule has 0 aliphatic heterocycles. The van der Waals surface area contributed by atoms with Crippen LogP contribution in [0.4, 0.5) is 4.79 Å². The third-order valence-corrected chi connectivity index (χ3v) is 3.58. The van der Waals surface area contributed by atoms with Crippen LogP contribution in [0.15, 0.2) is 9.98 Å². The highest BCUT2D eigenvalue weighted by atomic mass is 16.6. The van der Waals surface area contributed by atoms with Gasteiger partial charge in [0.15, 0.2) is 0 Å². The minimum absolute atomic E-state index is 0.282. The maximum Gasteiger partial charge on any atom is 0.410 e. The van der Waals surface area contributed by atoms with Crippen molar-refractivity contribution in [3.05, 3.63) is 0 Å². The lowest BCUT2D eigenvalue weighted by Gasteiger charge is -2.27. The van der Waals surface area contributed by atoms with E-state index in [1.165, 1.54) is 0 Å². The Kier molecular flexibility index (Phi) is 10.5. The number of carbonyl (C=O) groups is 1. The second-order valence-corrected chi connectivity index (χ2v) is 6.27. The topological polar surface area (TPSA) is 57.5 Å². The molecule has 0 unspecified atom stereocenters. The maximum atomic E-state index is 12.0. The number of hydrogen-bond acceptors (Lipinski definition) is 4.